The lowest BCUT2D eigenvalue weighted by atomic mass is 10.0. The van der Waals surface area contributed by atoms with Gasteiger partial charge < -0.3 is 19.9 Å². The molecule has 0 amide bonds. The number of halogens is 1. The second-order valence-electron chi connectivity index (χ2n) is 4.54. The van der Waals surface area contributed by atoms with Gasteiger partial charge in [-0.1, -0.05) is 11.6 Å². The van der Waals surface area contributed by atoms with E-state index in [1.54, 1.807) is 13.2 Å². The number of carboxylic acids is 1. The molecule has 1 aromatic carbocycles. The van der Waals surface area contributed by atoms with E-state index in [1.807, 2.05) is 0 Å². The summed E-state index contributed by atoms with van der Waals surface area (Å²) in [5.74, 6) is -0.994. The van der Waals surface area contributed by atoms with Gasteiger partial charge in [0.2, 0.25) is 0 Å². The number of aromatic carboxylic acids is 1. The van der Waals surface area contributed by atoms with Crippen LogP contribution in [0.3, 0.4) is 0 Å². The first-order valence-corrected chi connectivity index (χ1v) is 6.34. The Morgan fingerprint density at radius 3 is 2.95 bits per heavy atom. The van der Waals surface area contributed by atoms with Crippen LogP contribution in [0, 0.1) is 0 Å². The van der Waals surface area contributed by atoms with Crippen molar-refractivity contribution in [2.45, 2.75) is 12.0 Å². The Morgan fingerprint density at radius 2 is 2.42 bits per heavy atom. The van der Waals surface area contributed by atoms with Crippen LogP contribution in [0.2, 0.25) is 5.02 Å². The third kappa shape index (κ3) is 3.18. The molecule has 0 bridgehead atoms. The fourth-order valence-electron chi connectivity index (χ4n) is 2.01. The van der Waals surface area contributed by atoms with Crippen LogP contribution in [0.5, 0.6) is 0 Å². The molecule has 1 unspecified atom stereocenters. The van der Waals surface area contributed by atoms with Crippen LogP contribution in [0.4, 0.5) is 5.69 Å². The Balaban J connectivity index is 2.05. The van der Waals surface area contributed by atoms with Gasteiger partial charge in [0.05, 0.1) is 22.9 Å². The SMILES string of the molecule is COC1(CNc2ccc(C(=O)O)cc2Cl)CCOC1. The number of anilines is 1. The molecule has 0 spiro atoms. The molecule has 1 heterocycles. The van der Waals surface area contributed by atoms with Crippen molar-refractivity contribution < 1.29 is 19.4 Å². The van der Waals surface area contributed by atoms with Crippen molar-refractivity contribution in [2.24, 2.45) is 0 Å². The van der Waals surface area contributed by atoms with Gasteiger partial charge in [-0.3, -0.25) is 0 Å². The molecule has 0 aromatic heterocycles. The third-order valence-corrected chi connectivity index (χ3v) is 3.63. The minimum atomic E-state index is -0.994. The van der Waals surface area contributed by atoms with E-state index < -0.39 is 5.97 Å². The minimum absolute atomic E-state index is 0.168. The lowest BCUT2D eigenvalue weighted by Gasteiger charge is -2.26. The molecule has 104 valence electrons. The van der Waals surface area contributed by atoms with Crippen LogP contribution in [0.25, 0.3) is 0 Å². The maximum Gasteiger partial charge on any atom is 0.335 e. The number of carboxylic acid groups (broad SMARTS) is 1. The summed E-state index contributed by atoms with van der Waals surface area (Å²) < 4.78 is 10.8. The molecule has 0 aliphatic carbocycles. The molecule has 1 aliphatic rings. The summed E-state index contributed by atoms with van der Waals surface area (Å²) in [4.78, 5) is 10.8. The van der Waals surface area contributed by atoms with Gasteiger partial charge in [0, 0.05) is 26.7 Å². The average molecular weight is 286 g/mol. The van der Waals surface area contributed by atoms with Crippen molar-refractivity contribution in [1.82, 2.24) is 0 Å². The second kappa shape index (κ2) is 5.77. The molecule has 1 fully saturated rings. The zero-order chi connectivity index (χ0) is 13.9. The average Bonchev–Trinajstić information content (AvgIpc) is 2.86. The Kier molecular flexibility index (Phi) is 4.29. The summed E-state index contributed by atoms with van der Waals surface area (Å²) >= 11 is 6.05. The monoisotopic (exact) mass is 285 g/mol. The first-order chi connectivity index (χ1) is 9.06. The van der Waals surface area contributed by atoms with Gasteiger partial charge in [0.15, 0.2) is 0 Å². The maximum atomic E-state index is 10.8. The largest absolute Gasteiger partial charge is 0.478 e. The summed E-state index contributed by atoms with van der Waals surface area (Å²) in [5.41, 5.74) is 0.519. The molecule has 2 N–H and O–H groups in total. The minimum Gasteiger partial charge on any atom is -0.478 e. The summed E-state index contributed by atoms with van der Waals surface area (Å²) in [7, 11) is 1.66. The molecular weight excluding hydrogens is 270 g/mol. The normalized spacial score (nSPS) is 22.4. The second-order valence-corrected chi connectivity index (χ2v) is 4.95. The lowest BCUT2D eigenvalue weighted by molar-refractivity contribution is -0.00619. The first-order valence-electron chi connectivity index (χ1n) is 5.96. The fourth-order valence-corrected chi connectivity index (χ4v) is 2.26. The van der Waals surface area contributed by atoms with Crippen molar-refractivity contribution in [3.63, 3.8) is 0 Å². The summed E-state index contributed by atoms with van der Waals surface area (Å²) in [5, 5.41) is 12.4. The highest BCUT2D eigenvalue weighted by molar-refractivity contribution is 6.33. The predicted molar refractivity (Wildman–Crippen MR) is 72.1 cm³/mol. The molecule has 1 atom stereocenters. The van der Waals surface area contributed by atoms with E-state index in [2.05, 4.69) is 5.32 Å². The number of methoxy groups -OCH3 is 1. The maximum absolute atomic E-state index is 10.8. The van der Waals surface area contributed by atoms with Crippen molar-refractivity contribution >= 4 is 23.3 Å². The molecule has 1 saturated heterocycles. The number of benzene rings is 1. The smallest absolute Gasteiger partial charge is 0.335 e. The van der Waals surface area contributed by atoms with E-state index in [9.17, 15) is 4.79 Å². The molecular formula is C13H16ClNO4. The molecule has 2 rings (SSSR count). The predicted octanol–water partition coefficient (Wildman–Crippen LogP) is 2.26. The van der Waals surface area contributed by atoms with E-state index >= 15 is 0 Å². The van der Waals surface area contributed by atoms with E-state index in [0.717, 1.165) is 6.42 Å². The molecule has 0 saturated carbocycles. The van der Waals surface area contributed by atoms with E-state index in [4.69, 9.17) is 26.2 Å². The van der Waals surface area contributed by atoms with Gasteiger partial charge in [-0.25, -0.2) is 4.79 Å². The number of nitrogens with one attached hydrogen (secondary N) is 1. The van der Waals surface area contributed by atoms with Crippen molar-refractivity contribution in [2.75, 3.05) is 32.2 Å². The van der Waals surface area contributed by atoms with E-state index in [-0.39, 0.29) is 11.2 Å². The van der Waals surface area contributed by atoms with Crippen LogP contribution < -0.4 is 5.32 Å². The summed E-state index contributed by atoms with van der Waals surface area (Å²) in [6.45, 7) is 1.79. The van der Waals surface area contributed by atoms with E-state index in [0.29, 0.717) is 30.5 Å². The number of ether oxygens (including phenoxy) is 2. The molecule has 1 aliphatic heterocycles. The standard InChI is InChI=1S/C13H16ClNO4/c1-18-13(4-5-19-8-13)7-15-11-3-2-9(12(16)17)6-10(11)14/h2-3,6,15H,4-5,7-8H2,1H3,(H,16,17). The van der Waals surface area contributed by atoms with Crippen molar-refractivity contribution in [1.29, 1.82) is 0 Å². The quantitative estimate of drug-likeness (QED) is 0.868. The number of rotatable bonds is 5. The van der Waals surface area contributed by atoms with E-state index in [1.165, 1.54) is 12.1 Å². The first kappa shape index (κ1) is 14.1. The van der Waals surface area contributed by atoms with Crippen LogP contribution in [-0.2, 0) is 9.47 Å². The van der Waals surface area contributed by atoms with Crippen LogP contribution in [-0.4, -0.2) is 43.5 Å². The van der Waals surface area contributed by atoms with Crippen molar-refractivity contribution in [3.8, 4) is 0 Å². The topological polar surface area (TPSA) is 67.8 Å². The van der Waals surface area contributed by atoms with Crippen LogP contribution >= 0.6 is 11.6 Å². The molecule has 6 heteroatoms. The van der Waals surface area contributed by atoms with Crippen LogP contribution in [0.15, 0.2) is 18.2 Å². The Bertz CT molecular complexity index is 472. The highest BCUT2D eigenvalue weighted by Crippen LogP contribution is 2.27. The summed E-state index contributed by atoms with van der Waals surface area (Å²) in [6, 6.07) is 4.60. The van der Waals surface area contributed by atoms with Gasteiger partial charge in [-0.05, 0) is 18.2 Å². The number of carbonyl (C=O) groups is 1. The highest BCUT2D eigenvalue weighted by Gasteiger charge is 2.34. The zero-order valence-electron chi connectivity index (χ0n) is 10.6. The van der Waals surface area contributed by atoms with Gasteiger partial charge in [-0.2, -0.15) is 0 Å². The molecule has 5 nitrogen and oxygen atoms in total. The Morgan fingerprint density at radius 1 is 1.63 bits per heavy atom. The van der Waals surface area contributed by atoms with Gasteiger partial charge in [0.25, 0.3) is 0 Å². The van der Waals surface area contributed by atoms with Crippen LogP contribution in [0.1, 0.15) is 16.8 Å². The lowest BCUT2D eigenvalue weighted by Crippen LogP contribution is -2.39. The third-order valence-electron chi connectivity index (χ3n) is 3.32. The molecule has 1 aromatic rings. The Labute approximate surface area is 116 Å². The molecule has 0 radical (unpaired) electrons. The number of hydrogen-bond donors (Lipinski definition) is 2. The zero-order valence-corrected chi connectivity index (χ0v) is 11.4. The van der Waals surface area contributed by atoms with Gasteiger partial charge in [-0.15, -0.1) is 0 Å². The fraction of sp³-hybridized carbons (Fsp3) is 0.462. The Hall–Kier alpha value is -1.30. The van der Waals surface area contributed by atoms with Crippen molar-refractivity contribution in [3.05, 3.63) is 28.8 Å². The van der Waals surface area contributed by atoms with Gasteiger partial charge in [0.1, 0.15) is 5.60 Å². The van der Waals surface area contributed by atoms with Gasteiger partial charge >= 0.3 is 5.97 Å². The number of hydrogen-bond acceptors (Lipinski definition) is 4. The summed E-state index contributed by atoms with van der Waals surface area (Å²) in [6.07, 6.45) is 0.821. The highest BCUT2D eigenvalue weighted by atomic mass is 35.5. The molecule has 19 heavy (non-hydrogen) atoms.